The third-order valence-electron chi connectivity index (χ3n) is 1.53. The predicted octanol–water partition coefficient (Wildman–Crippen LogP) is 2.49. The SMILES string of the molecule is CCCCC[SiH2]OC(C)(C)C. The summed E-state index contributed by atoms with van der Waals surface area (Å²) in [4.78, 5) is 0. The molecule has 0 bridgehead atoms. The summed E-state index contributed by atoms with van der Waals surface area (Å²) < 4.78 is 5.71. The lowest BCUT2D eigenvalue weighted by atomic mass is 10.2. The average Bonchev–Trinajstić information content (AvgIpc) is 1.85. The fourth-order valence-corrected chi connectivity index (χ4v) is 2.22. The van der Waals surface area contributed by atoms with Gasteiger partial charge in [0.2, 0.25) is 0 Å². The summed E-state index contributed by atoms with van der Waals surface area (Å²) in [6.45, 7) is 8.66. The second kappa shape index (κ2) is 5.78. The molecule has 0 saturated heterocycles. The van der Waals surface area contributed by atoms with Gasteiger partial charge in [0.1, 0.15) is 0 Å². The van der Waals surface area contributed by atoms with E-state index in [2.05, 4.69) is 27.7 Å². The van der Waals surface area contributed by atoms with E-state index in [1.165, 1.54) is 25.3 Å². The van der Waals surface area contributed by atoms with Crippen molar-refractivity contribution in [3.05, 3.63) is 0 Å². The smallest absolute Gasteiger partial charge is 0.162 e. The predicted molar refractivity (Wildman–Crippen MR) is 53.7 cm³/mol. The average molecular weight is 174 g/mol. The summed E-state index contributed by atoms with van der Waals surface area (Å²) in [6, 6.07) is 1.35. The molecule has 68 valence electrons. The van der Waals surface area contributed by atoms with E-state index >= 15 is 0 Å². The molecule has 0 aliphatic carbocycles. The molecule has 0 atom stereocenters. The maximum absolute atomic E-state index is 5.71. The Bertz CT molecular complexity index is 86.1. The van der Waals surface area contributed by atoms with Crippen LogP contribution >= 0.6 is 0 Å². The molecule has 11 heavy (non-hydrogen) atoms. The summed E-state index contributed by atoms with van der Waals surface area (Å²) >= 11 is 0. The molecule has 0 N–H and O–H groups in total. The van der Waals surface area contributed by atoms with Gasteiger partial charge in [-0.15, -0.1) is 0 Å². The van der Waals surface area contributed by atoms with Gasteiger partial charge in [0.05, 0.1) is 0 Å². The lowest BCUT2D eigenvalue weighted by Crippen LogP contribution is -2.21. The maximum Gasteiger partial charge on any atom is 0.162 e. The standard InChI is InChI=1S/C9H22OSi/c1-5-6-7-8-11-10-9(2,3)4/h5-8,11H2,1-4H3. The molecule has 2 heteroatoms. The van der Waals surface area contributed by atoms with Gasteiger partial charge >= 0.3 is 0 Å². The Morgan fingerprint density at radius 2 is 1.82 bits per heavy atom. The van der Waals surface area contributed by atoms with E-state index in [1.54, 1.807) is 0 Å². The van der Waals surface area contributed by atoms with Gasteiger partial charge in [0.25, 0.3) is 0 Å². The first kappa shape index (κ1) is 11.2. The molecule has 0 aromatic rings. The largest absolute Gasteiger partial charge is 0.419 e. The van der Waals surface area contributed by atoms with Gasteiger partial charge in [0, 0.05) is 5.60 Å². The zero-order valence-corrected chi connectivity index (χ0v) is 9.86. The van der Waals surface area contributed by atoms with Crippen LogP contribution in [0.25, 0.3) is 0 Å². The molecule has 0 aromatic heterocycles. The first-order chi connectivity index (χ1) is 5.06. The molecule has 0 fully saturated rings. The Hall–Kier alpha value is 0.177. The Balaban J connectivity index is 3.02. The lowest BCUT2D eigenvalue weighted by molar-refractivity contribution is 0.138. The molecule has 0 unspecified atom stereocenters. The normalized spacial score (nSPS) is 13.1. The van der Waals surface area contributed by atoms with Crippen LogP contribution in [0.1, 0.15) is 47.0 Å². The minimum atomic E-state index is -0.213. The van der Waals surface area contributed by atoms with Crippen molar-refractivity contribution < 1.29 is 4.43 Å². The maximum atomic E-state index is 5.71. The van der Waals surface area contributed by atoms with Gasteiger partial charge < -0.3 is 4.43 Å². The van der Waals surface area contributed by atoms with Crippen LogP contribution in [0.3, 0.4) is 0 Å². The lowest BCUT2D eigenvalue weighted by Gasteiger charge is -2.19. The molecule has 1 nitrogen and oxygen atoms in total. The van der Waals surface area contributed by atoms with Crippen LogP contribution in [0.15, 0.2) is 0 Å². The van der Waals surface area contributed by atoms with Crippen LogP contribution in [-0.4, -0.2) is 15.4 Å². The molecule has 0 amide bonds. The third kappa shape index (κ3) is 10.2. The first-order valence-electron chi connectivity index (χ1n) is 4.70. The monoisotopic (exact) mass is 174 g/mol. The second-order valence-electron chi connectivity index (χ2n) is 4.02. The molecule has 0 rings (SSSR count). The Morgan fingerprint density at radius 3 is 2.27 bits per heavy atom. The van der Waals surface area contributed by atoms with Crippen LogP contribution in [0.2, 0.25) is 6.04 Å². The minimum absolute atomic E-state index is 0.110. The van der Waals surface area contributed by atoms with Crippen molar-refractivity contribution in [2.45, 2.75) is 58.6 Å². The van der Waals surface area contributed by atoms with Crippen molar-refractivity contribution in [1.29, 1.82) is 0 Å². The van der Waals surface area contributed by atoms with Gasteiger partial charge in [-0.25, -0.2) is 0 Å². The van der Waals surface area contributed by atoms with E-state index in [4.69, 9.17) is 4.43 Å². The zero-order chi connectivity index (χ0) is 8.74. The quantitative estimate of drug-likeness (QED) is 0.460. The summed E-state index contributed by atoms with van der Waals surface area (Å²) in [6.07, 6.45) is 4.07. The minimum Gasteiger partial charge on any atom is -0.419 e. The summed E-state index contributed by atoms with van der Waals surface area (Å²) in [5, 5.41) is 0. The van der Waals surface area contributed by atoms with Crippen molar-refractivity contribution in [2.75, 3.05) is 0 Å². The van der Waals surface area contributed by atoms with Crippen molar-refractivity contribution in [3.63, 3.8) is 0 Å². The summed E-state index contributed by atoms with van der Waals surface area (Å²) in [7, 11) is -0.213. The molecular weight excluding hydrogens is 152 g/mol. The topological polar surface area (TPSA) is 9.23 Å². The van der Waals surface area contributed by atoms with Gasteiger partial charge in [-0.3, -0.25) is 0 Å². The van der Waals surface area contributed by atoms with E-state index < -0.39 is 0 Å². The van der Waals surface area contributed by atoms with E-state index in [0.717, 1.165) is 0 Å². The van der Waals surface area contributed by atoms with E-state index in [-0.39, 0.29) is 15.4 Å². The number of hydrogen-bond donors (Lipinski definition) is 0. The third-order valence-corrected chi connectivity index (χ3v) is 3.39. The number of unbranched alkanes of at least 4 members (excludes halogenated alkanes) is 2. The van der Waals surface area contributed by atoms with Gasteiger partial charge in [-0.2, -0.15) is 0 Å². The van der Waals surface area contributed by atoms with E-state index in [1.807, 2.05) is 0 Å². The number of hydrogen-bond acceptors (Lipinski definition) is 1. The van der Waals surface area contributed by atoms with E-state index in [9.17, 15) is 0 Å². The van der Waals surface area contributed by atoms with Crippen LogP contribution in [0.5, 0.6) is 0 Å². The van der Waals surface area contributed by atoms with Gasteiger partial charge in [-0.1, -0.05) is 26.2 Å². The van der Waals surface area contributed by atoms with E-state index in [0.29, 0.717) is 0 Å². The molecule has 0 aromatic carbocycles. The number of rotatable bonds is 5. The molecule has 0 spiro atoms. The molecule has 0 radical (unpaired) electrons. The highest BCUT2D eigenvalue weighted by Gasteiger charge is 2.08. The molecule has 0 saturated carbocycles. The highest BCUT2D eigenvalue weighted by atomic mass is 28.2. The fourth-order valence-electron chi connectivity index (χ4n) is 0.907. The fraction of sp³-hybridized carbons (Fsp3) is 1.00. The van der Waals surface area contributed by atoms with Gasteiger partial charge in [0.15, 0.2) is 9.76 Å². The van der Waals surface area contributed by atoms with Crippen molar-refractivity contribution >= 4 is 9.76 Å². The van der Waals surface area contributed by atoms with Crippen LogP contribution < -0.4 is 0 Å². The van der Waals surface area contributed by atoms with Crippen molar-refractivity contribution in [2.24, 2.45) is 0 Å². The highest BCUT2D eigenvalue weighted by molar-refractivity contribution is 6.27. The summed E-state index contributed by atoms with van der Waals surface area (Å²) in [5.41, 5.74) is 0.110. The Labute approximate surface area is 73.5 Å². The van der Waals surface area contributed by atoms with Crippen LogP contribution in [0.4, 0.5) is 0 Å². The molecule has 0 aliphatic rings. The Morgan fingerprint density at radius 1 is 1.18 bits per heavy atom. The Kier molecular flexibility index (Phi) is 5.87. The second-order valence-corrected chi connectivity index (χ2v) is 5.43. The zero-order valence-electron chi connectivity index (χ0n) is 8.44. The summed E-state index contributed by atoms with van der Waals surface area (Å²) in [5.74, 6) is 0. The molecular formula is C9H22OSi. The van der Waals surface area contributed by atoms with Gasteiger partial charge in [-0.05, 0) is 26.8 Å². The van der Waals surface area contributed by atoms with Crippen molar-refractivity contribution in [3.8, 4) is 0 Å². The molecule has 0 heterocycles. The van der Waals surface area contributed by atoms with Crippen LogP contribution in [0, 0.1) is 0 Å². The first-order valence-corrected chi connectivity index (χ1v) is 6.28. The molecule has 0 aliphatic heterocycles. The highest BCUT2D eigenvalue weighted by Crippen LogP contribution is 2.07. The van der Waals surface area contributed by atoms with Crippen molar-refractivity contribution in [1.82, 2.24) is 0 Å². The van der Waals surface area contributed by atoms with Crippen LogP contribution in [-0.2, 0) is 4.43 Å².